The summed E-state index contributed by atoms with van der Waals surface area (Å²) in [5.41, 5.74) is 7.15. The van der Waals surface area contributed by atoms with Crippen molar-refractivity contribution in [3.63, 3.8) is 0 Å². The molecular formula is C27H38N6O3. The lowest BCUT2D eigenvalue weighted by Crippen LogP contribution is -2.46. The summed E-state index contributed by atoms with van der Waals surface area (Å²) in [7, 11) is 0. The van der Waals surface area contributed by atoms with Crippen LogP contribution in [-0.4, -0.2) is 59.3 Å². The molecule has 3 heterocycles. The number of carbonyl (C=O) groups excluding carboxylic acids is 1. The zero-order valence-electron chi connectivity index (χ0n) is 21.4. The molecule has 2 aromatic rings. The van der Waals surface area contributed by atoms with Crippen molar-refractivity contribution in [2.75, 3.05) is 31.1 Å². The molecule has 2 fully saturated rings. The largest absolute Gasteiger partial charge is 0.494 e. The van der Waals surface area contributed by atoms with Gasteiger partial charge in [-0.3, -0.25) is 4.79 Å². The topological polar surface area (TPSA) is 122 Å². The van der Waals surface area contributed by atoms with E-state index in [1.807, 2.05) is 24.3 Å². The van der Waals surface area contributed by atoms with E-state index >= 15 is 0 Å². The number of carbonyl (C=O) groups is 1. The first kappa shape index (κ1) is 26.0. The van der Waals surface area contributed by atoms with Gasteiger partial charge in [-0.2, -0.15) is 10.2 Å². The summed E-state index contributed by atoms with van der Waals surface area (Å²) >= 11 is 0. The predicted molar refractivity (Wildman–Crippen MR) is 137 cm³/mol. The molecule has 2 saturated heterocycles. The fraction of sp³-hybridized carbons (Fsp3) is 0.630. The molecule has 0 spiro atoms. The molecule has 36 heavy (non-hydrogen) atoms. The van der Waals surface area contributed by atoms with E-state index < -0.39 is 6.04 Å². The van der Waals surface area contributed by atoms with Crippen molar-refractivity contribution in [3.05, 3.63) is 35.7 Å². The molecule has 0 saturated carbocycles. The van der Waals surface area contributed by atoms with E-state index in [4.69, 9.17) is 15.0 Å². The molecule has 2 aliphatic heterocycles. The molecule has 0 aliphatic carbocycles. The SMILES string of the molecule is CC(C)c1noc(N2CCC(CCCOc3ccc(C[C@H](N)C(=O)N4CCC[C@H]4C#N)cc3)CC2)n1. The van der Waals surface area contributed by atoms with Gasteiger partial charge in [0.25, 0.3) is 0 Å². The number of nitrogens with two attached hydrogens (primary N) is 1. The van der Waals surface area contributed by atoms with Crippen molar-refractivity contribution in [1.29, 1.82) is 5.26 Å². The Labute approximate surface area is 213 Å². The van der Waals surface area contributed by atoms with Crippen molar-refractivity contribution >= 4 is 11.9 Å². The van der Waals surface area contributed by atoms with Crippen LogP contribution in [0.3, 0.4) is 0 Å². The Kier molecular flexibility index (Phi) is 8.81. The molecule has 1 amide bonds. The number of piperidine rings is 1. The number of benzene rings is 1. The average molecular weight is 495 g/mol. The average Bonchev–Trinajstić information content (AvgIpc) is 3.58. The van der Waals surface area contributed by atoms with Gasteiger partial charge in [-0.05, 0) is 68.6 Å². The lowest BCUT2D eigenvalue weighted by Gasteiger charge is -2.30. The van der Waals surface area contributed by atoms with Gasteiger partial charge < -0.3 is 24.8 Å². The molecule has 9 heteroatoms. The van der Waals surface area contributed by atoms with E-state index in [1.54, 1.807) is 4.90 Å². The second-order valence-corrected chi connectivity index (χ2v) is 10.3. The maximum Gasteiger partial charge on any atom is 0.324 e. The second-order valence-electron chi connectivity index (χ2n) is 10.3. The number of anilines is 1. The fourth-order valence-electron chi connectivity index (χ4n) is 5.00. The zero-order valence-corrected chi connectivity index (χ0v) is 21.4. The minimum Gasteiger partial charge on any atom is -0.494 e. The highest BCUT2D eigenvalue weighted by Gasteiger charge is 2.31. The summed E-state index contributed by atoms with van der Waals surface area (Å²) in [6, 6.07) is 9.69. The number of rotatable bonds is 10. The minimum absolute atomic E-state index is 0.136. The molecule has 9 nitrogen and oxygen atoms in total. The molecular weight excluding hydrogens is 456 g/mol. The van der Waals surface area contributed by atoms with E-state index in [9.17, 15) is 10.1 Å². The zero-order chi connectivity index (χ0) is 25.5. The van der Waals surface area contributed by atoms with Gasteiger partial charge in [-0.1, -0.05) is 31.1 Å². The first-order chi connectivity index (χ1) is 17.4. The standard InChI is InChI=1S/C27H38N6O3/c1-19(2)25-30-27(36-31-25)32-14-11-20(12-15-32)5-4-16-35-23-9-7-21(8-10-23)17-24(29)26(34)33-13-3-6-22(33)18-28/h7-10,19-20,22,24H,3-6,11-17,29H2,1-2H3/t22-,24-/m0/s1. The molecule has 4 rings (SSSR count). The normalized spacial score (nSPS) is 19.5. The molecule has 0 unspecified atom stereocenters. The number of hydrogen-bond acceptors (Lipinski definition) is 8. The lowest BCUT2D eigenvalue weighted by molar-refractivity contribution is -0.132. The summed E-state index contributed by atoms with van der Waals surface area (Å²) in [5, 5.41) is 13.3. The van der Waals surface area contributed by atoms with E-state index in [0.29, 0.717) is 31.5 Å². The van der Waals surface area contributed by atoms with Crippen LogP contribution in [0.25, 0.3) is 0 Å². The number of nitrogens with zero attached hydrogens (tertiary/aromatic N) is 5. The Balaban J connectivity index is 1.13. The summed E-state index contributed by atoms with van der Waals surface area (Å²) in [6.45, 7) is 7.34. The smallest absolute Gasteiger partial charge is 0.324 e. The van der Waals surface area contributed by atoms with Crippen LogP contribution in [0.15, 0.2) is 28.8 Å². The fourth-order valence-corrected chi connectivity index (χ4v) is 5.00. The molecule has 0 bridgehead atoms. The van der Waals surface area contributed by atoms with Crippen LogP contribution in [0.5, 0.6) is 5.75 Å². The monoisotopic (exact) mass is 494 g/mol. The van der Waals surface area contributed by atoms with Crippen molar-refractivity contribution in [3.8, 4) is 11.8 Å². The minimum atomic E-state index is -0.630. The summed E-state index contributed by atoms with van der Waals surface area (Å²) in [6.07, 6.45) is 6.46. The molecule has 2 N–H and O–H groups in total. The summed E-state index contributed by atoms with van der Waals surface area (Å²) in [5.74, 6) is 2.42. The highest BCUT2D eigenvalue weighted by atomic mass is 16.5. The number of amides is 1. The van der Waals surface area contributed by atoms with Crippen LogP contribution in [0, 0.1) is 17.2 Å². The van der Waals surface area contributed by atoms with Gasteiger partial charge >= 0.3 is 6.01 Å². The number of hydrogen-bond donors (Lipinski definition) is 1. The first-order valence-corrected chi connectivity index (χ1v) is 13.2. The lowest BCUT2D eigenvalue weighted by atomic mass is 9.92. The van der Waals surface area contributed by atoms with Gasteiger partial charge in [0.2, 0.25) is 5.91 Å². The van der Waals surface area contributed by atoms with E-state index in [-0.39, 0.29) is 17.9 Å². The maximum absolute atomic E-state index is 12.6. The van der Waals surface area contributed by atoms with Gasteiger partial charge in [-0.15, -0.1) is 0 Å². The third-order valence-electron chi connectivity index (χ3n) is 7.24. The summed E-state index contributed by atoms with van der Waals surface area (Å²) in [4.78, 5) is 21.0. The number of likely N-dealkylation sites (tertiary alicyclic amines) is 1. The predicted octanol–water partition coefficient (Wildman–Crippen LogP) is 3.65. The van der Waals surface area contributed by atoms with Crippen LogP contribution in [-0.2, 0) is 11.2 Å². The van der Waals surface area contributed by atoms with E-state index in [2.05, 4.69) is 35.0 Å². The Hall–Kier alpha value is -3.12. The Bertz CT molecular complexity index is 1020. The quantitative estimate of drug-likeness (QED) is 0.497. The first-order valence-electron chi connectivity index (χ1n) is 13.2. The van der Waals surface area contributed by atoms with Crippen LogP contribution in [0.2, 0.25) is 0 Å². The second kappa shape index (κ2) is 12.2. The van der Waals surface area contributed by atoms with Crippen molar-refractivity contribution in [1.82, 2.24) is 15.0 Å². The highest BCUT2D eigenvalue weighted by Crippen LogP contribution is 2.26. The molecule has 0 radical (unpaired) electrons. The van der Waals surface area contributed by atoms with Crippen molar-refractivity contribution < 1.29 is 14.1 Å². The number of ether oxygens (including phenoxy) is 1. The van der Waals surface area contributed by atoms with Crippen molar-refractivity contribution in [2.24, 2.45) is 11.7 Å². The maximum atomic E-state index is 12.6. The van der Waals surface area contributed by atoms with E-state index in [1.165, 1.54) is 0 Å². The van der Waals surface area contributed by atoms with Gasteiger partial charge in [-0.25, -0.2) is 0 Å². The Morgan fingerprint density at radius 1 is 1.22 bits per heavy atom. The van der Waals surface area contributed by atoms with Gasteiger partial charge in [0, 0.05) is 25.6 Å². The van der Waals surface area contributed by atoms with Gasteiger partial charge in [0.05, 0.1) is 18.7 Å². The van der Waals surface area contributed by atoms with Crippen LogP contribution in [0.1, 0.15) is 69.7 Å². The van der Waals surface area contributed by atoms with Crippen molar-refractivity contribution in [2.45, 2.75) is 76.8 Å². The van der Waals surface area contributed by atoms with E-state index in [0.717, 1.165) is 68.8 Å². The van der Waals surface area contributed by atoms with Crippen LogP contribution < -0.4 is 15.4 Å². The molecule has 2 aliphatic rings. The summed E-state index contributed by atoms with van der Waals surface area (Å²) < 4.78 is 11.4. The van der Waals surface area contributed by atoms with Crippen LogP contribution >= 0.6 is 0 Å². The van der Waals surface area contributed by atoms with Gasteiger partial charge in [0.1, 0.15) is 11.8 Å². The Morgan fingerprint density at radius 2 is 1.97 bits per heavy atom. The number of aromatic nitrogens is 2. The third-order valence-corrected chi connectivity index (χ3v) is 7.24. The van der Waals surface area contributed by atoms with Gasteiger partial charge in [0.15, 0.2) is 5.82 Å². The molecule has 1 aromatic carbocycles. The molecule has 194 valence electrons. The molecule has 2 atom stereocenters. The molecule has 1 aromatic heterocycles. The Morgan fingerprint density at radius 3 is 2.64 bits per heavy atom. The third kappa shape index (κ3) is 6.55. The number of nitriles is 1. The highest BCUT2D eigenvalue weighted by molar-refractivity contribution is 5.82. The van der Waals surface area contributed by atoms with Crippen LogP contribution in [0.4, 0.5) is 6.01 Å².